The molecule has 1 aliphatic heterocycles. The molecule has 1 unspecified atom stereocenters. The smallest absolute Gasteiger partial charge is 0.320 e. The molecule has 0 saturated carbocycles. The van der Waals surface area contributed by atoms with E-state index in [2.05, 4.69) is 5.32 Å². The summed E-state index contributed by atoms with van der Waals surface area (Å²) < 4.78 is 5.13. The monoisotopic (exact) mass is 228 g/mol. The zero-order valence-corrected chi connectivity index (χ0v) is 10.4. The molecule has 1 amide bonds. The number of esters is 1. The Morgan fingerprint density at radius 2 is 2.19 bits per heavy atom. The molecule has 16 heavy (non-hydrogen) atoms. The van der Waals surface area contributed by atoms with Gasteiger partial charge in [0.25, 0.3) is 0 Å². The van der Waals surface area contributed by atoms with Crippen LogP contribution in [-0.2, 0) is 14.3 Å². The van der Waals surface area contributed by atoms with Gasteiger partial charge < -0.3 is 9.64 Å². The third-order valence-corrected chi connectivity index (χ3v) is 2.34. The van der Waals surface area contributed by atoms with Crippen molar-refractivity contribution >= 4 is 11.9 Å². The Labute approximate surface area is 96.1 Å². The summed E-state index contributed by atoms with van der Waals surface area (Å²) in [7, 11) is 1.76. The van der Waals surface area contributed by atoms with E-state index in [4.69, 9.17) is 4.74 Å². The zero-order chi connectivity index (χ0) is 12.3. The average molecular weight is 228 g/mol. The quantitative estimate of drug-likeness (QED) is 0.698. The summed E-state index contributed by atoms with van der Waals surface area (Å²) in [6, 6.07) is -0.238. The van der Waals surface area contributed by atoms with Crippen molar-refractivity contribution in [2.45, 2.75) is 38.8 Å². The van der Waals surface area contributed by atoms with E-state index in [0.29, 0.717) is 0 Å². The lowest BCUT2D eigenvalue weighted by Crippen LogP contribution is -2.41. The SMILES string of the molecule is CN1CCC(NCC(=O)OC(C)(C)C)C1=O. The molecule has 0 aliphatic carbocycles. The summed E-state index contributed by atoms with van der Waals surface area (Å²) in [4.78, 5) is 24.6. The maximum Gasteiger partial charge on any atom is 0.320 e. The van der Waals surface area contributed by atoms with Crippen molar-refractivity contribution in [1.82, 2.24) is 10.2 Å². The number of hydrogen-bond donors (Lipinski definition) is 1. The number of amides is 1. The summed E-state index contributed by atoms with van der Waals surface area (Å²) >= 11 is 0. The van der Waals surface area contributed by atoms with Gasteiger partial charge in [-0.15, -0.1) is 0 Å². The van der Waals surface area contributed by atoms with Crippen LogP contribution in [0, 0.1) is 0 Å². The predicted octanol–water partition coefficient (Wildman–Crippen LogP) is 0.148. The van der Waals surface area contributed by atoms with Crippen LogP contribution in [0.1, 0.15) is 27.2 Å². The Kier molecular flexibility index (Phi) is 3.91. The molecule has 0 bridgehead atoms. The first-order valence-electron chi connectivity index (χ1n) is 5.50. The fourth-order valence-electron chi connectivity index (χ4n) is 1.60. The van der Waals surface area contributed by atoms with Crippen molar-refractivity contribution in [3.05, 3.63) is 0 Å². The van der Waals surface area contributed by atoms with Gasteiger partial charge in [-0.25, -0.2) is 0 Å². The summed E-state index contributed by atoms with van der Waals surface area (Å²) in [5.41, 5.74) is -0.477. The van der Waals surface area contributed by atoms with E-state index in [0.717, 1.165) is 13.0 Å². The van der Waals surface area contributed by atoms with Gasteiger partial charge in [0.1, 0.15) is 5.60 Å². The number of ether oxygens (including phenoxy) is 1. The number of likely N-dealkylation sites (tertiary alicyclic amines) is 1. The van der Waals surface area contributed by atoms with Gasteiger partial charge in [0.2, 0.25) is 5.91 Å². The maximum atomic E-state index is 11.5. The number of carbonyl (C=O) groups is 2. The molecule has 0 spiro atoms. The molecule has 1 aliphatic rings. The molecule has 0 radical (unpaired) electrons. The minimum atomic E-state index is -0.477. The molecule has 92 valence electrons. The first-order chi connectivity index (χ1) is 7.29. The van der Waals surface area contributed by atoms with Crippen molar-refractivity contribution in [2.24, 2.45) is 0 Å². The highest BCUT2D eigenvalue weighted by atomic mass is 16.6. The molecule has 1 N–H and O–H groups in total. The lowest BCUT2D eigenvalue weighted by molar-refractivity contribution is -0.153. The first-order valence-corrected chi connectivity index (χ1v) is 5.50. The van der Waals surface area contributed by atoms with Gasteiger partial charge in [0.15, 0.2) is 0 Å². The molecule has 5 nitrogen and oxygen atoms in total. The Morgan fingerprint density at radius 3 is 2.62 bits per heavy atom. The van der Waals surface area contributed by atoms with Crippen LogP contribution in [0.2, 0.25) is 0 Å². The Balaban J connectivity index is 2.30. The normalized spacial score (nSPS) is 21.4. The number of carbonyl (C=O) groups excluding carboxylic acids is 2. The standard InChI is InChI=1S/C11H20N2O3/c1-11(2,3)16-9(14)7-12-8-5-6-13(4)10(8)15/h8,12H,5-7H2,1-4H3. The number of rotatable bonds is 3. The van der Waals surface area contributed by atoms with Crippen LogP contribution in [0.4, 0.5) is 0 Å². The molecular weight excluding hydrogens is 208 g/mol. The lowest BCUT2D eigenvalue weighted by atomic mass is 10.2. The second kappa shape index (κ2) is 4.82. The van der Waals surface area contributed by atoms with Crippen molar-refractivity contribution < 1.29 is 14.3 Å². The van der Waals surface area contributed by atoms with Crippen LogP contribution in [0.5, 0.6) is 0 Å². The molecule has 5 heteroatoms. The van der Waals surface area contributed by atoms with E-state index in [1.807, 2.05) is 20.8 Å². The molecular formula is C11H20N2O3. The van der Waals surface area contributed by atoms with Crippen molar-refractivity contribution in [3.63, 3.8) is 0 Å². The van der Waals surface area contributed by atoms with Gasteiger partial charge in [-0.05, 0) is 27.2 Å². The van der Waals surface area contributed by atoms with Gasteiger partial charge in [-0.3, -0.25) is 14.9 Å². The highest BCUT2D eigenvalue weighted by molar-refractivity contribution is 5.84. The molecule has 0 aromatic rings. The summed E-state index contributed by atoms with van der Waals surface area (Å²) in [6.45, 7) is 6.28. The van der Waals surface area contributed by atoms with E-state index in [9.17, 15) is 9.59 Å². The number of nitrogens with zero attached hydrogens (tertiary/aromatic N) is 1. The minimum Gasteiger partial charge on any atom is -0.459 e. The molecule has 1 heterocycles. The van der Waals surface area contributed by atoms with E-state index in [-0.39, 0.29) is 24.5 Å². The third kappa shape index (κ3) is 3.81. The van der Waals surface area contributed by atoms with E-state index in [1.54, 1.807) is 11.9 Å². The number of likely N-dealkylation sites (N-methyl/N-ethyl adjacent to an activating group) is 1. The average Bonchev–Trinajstić information content (AvgIpc) is 2.42. The second-order valence-electron chi connectivity index (χ2n) is 5.07. The molecule has 1 fully saturated rings. The van der Waals surface area contributed by atoms with Crippen LogP contribution in [0.25, 0.3) is 0 Å². The minimum absolute atomic E-state index is 0.0450. The van der Waals surface area contributed by atoms with Crippen LogP contribution >= 0.6 is 0 Å². The fraction of sp³-hybridized carbons (Fsp3) is 0.818. The predicted molar refractivity (Wildman–Crippen MR) is 59.9 cm³/mol. The summed E-state index contributed by atoms with van der Waals surface area (Å²) in [5.74, 6) is -0.279. The Morgan fingerprint density at radius 1 is 1.56 bits per heavy atom. The summed E-state index contributed by atoms with van der Waals surface area (Å²) in [5, 5.41) is 2.92. The maximum absolute atomic E-state index is 11.5. The van der Waals surface area contributed by atoms with Crippen LogP contribution < -0.4 is 5.32 Å². The van der Waals surface area contributed by atoms with E-state index < -0.39 is 5.60 Å². The highest BCUT2D eigenvalue weighted by Gasteiger charge is 2.29. The third-order valence-electron chi connectivity index (χ3n) is 2.34. The van der Waals surface area contributed by atoms with Gasteiger partial charge in [0, 0.05) is 13.6 Å². The molecule has 0 aromatic carbocycles. The molecule has 1 atom stereocenters. The first kappa shape index (κ1) is 13.0. The summed E-state index contributed by atoms with van der Waals surface area (Å²) in [6.07, 6.45) is 0.748. The second-order valence-corrected chi connectivity index (χ2v) is 5.07. The Hall–Kier alpha value is -1.10. The van der Waals surface area contributed by atoms with Gasteiger partial charge in [-0.2, -0.15) is 0 Å². The van der Waals surface area contributed by atoms with E-state index in [1.165, 1.54) is 0 Å². The van der Waals surface area contributed by atoms with Crippen LogP contribution in [0.15, 0.2) is 0 Å². The number of hydrogen-bond acceptors (Lipinski definition) is 4. The van der Waals surface area contributed by atoms with Gasteiger partial charge in [0.05, 0.1) is 12.6 Å². The zero-order valence-electron chi connectivity index (χ0n) is 10.4. The van der Waals surface area contributed by atoms with Gasteiger partial charge in [-0.1, -0.05) is 0 Å². The van der Waals surface area contributed by atoms with Crippen LogP contribution in [-0.4, -0.2) is 48.6 Å². The Bertz CT molecular complexity index is 283. The van der Waals surface area contributed by atoms with Crippen LogP contribution in [0.3, 0.4) is 0 Å². The fourth-order valence-corrected chi connectivity index (χ4v) is 1.60. The highest BCUT2D eigenvalue weighted by Crippen LogP contribution is 2.09. The molecule has 0 aromatic heterocycles. The van der Waals surface area contributed by atoms with E-state index >= 15 is 0 Å². The topological polar surface area (TPSA) is 58.6 Å². The largest absolute Gasteiger partial charge is 0.459 e. The van der Waals surface area contributed by atoms with Crippen molar-refractivity contribution in [2.75, 3.05) is 20.1 Å². The van der Waals surface area contributed by atoms with Gasteiger partial charge >= 0.3 is 5.97 Å². The molecule has 1 saturated heterocycles. The molecule has 1 rings (SSSR count). The van der Waals surface area contributed by atoms with Crippen molar-refractivity contribution in [1.29, 1.82) is 0 Å². The lowest BCUT2D eigenvalue weighted by Gasteiger charge is -2.20. The van der Waals surface area contributed by atoms with Crippen molar-refractivity contribution in [3.8, 4) is 0 Å². The number of nitrogens with one attached hydrogen (secondary N) is 1.